The molecular weight excluding hydrogens is 566 g/mol. The minimum Gasteiger partial charge on any atom is -0.378 e. The predicted octanol–water partition coefficient (Wildman–Crippen LogP) is 4.94. The van der Waals surface area contributed by atoms with Gasteiger partial charge in [0.2, 0.25) is 11.9 Å². The number of imidazole rings is 1. The lowest BCUT2D eigenvalue weighted by atomic mass is 9.88. The number of amides is 1. The molecule has 2 atom stereocenters. The molecule has 2 aromatic heterocycles. The van der Waals surface area contributed by atoms with Gasteiger partial charge in [-0.15, -0.1) is 0 Å². The molecule has 2 saturated heterocycles. The number of hydrogen-bond acceptors (Lipinski definition) is 7. The molecule has 11 heteroatoms. The number of carbonyl (C=O) groups is 1. The van der Waals surface area contributed by atoms with Crippen molar-refractivity contribution in [3.63, 3.8) is 0 Å². The fraction of sp³-hybridized carbons (Fsp3) is 0.424. The van der Waals surface area contributed by atoms with Crippen molar-refractivity contribution in [2.24, 2.45) is 5.92 Å². The van der Waals surface area contributed by atoms with E-state index in [2.05, 4.69) is 50.4 Å². The summed E-state index contributed by atoms with van der Waals surface area (Å²) < 4.78 is 41.6. The fourth-order valence-electron chi connectivity index (χ4n) is 6.32. The Morgan fingerprint density at radius 3 is 2.68 bits per heavy atom. The van der Waals surface area contributed by atoms with E-state index in [1.54, 1.807) is 6.20 Å². The number of ether oxygens (including phenoxy) is 1. The first-order chi connectivity index (χ1) is 21.3. The highest BCUT2D eigenvalue weighted by Crippen LogP contribution is 2.35. The molecule has 4 heterocycles. The lowest BCUT2D eigenvalue weighted by Gasteiger charge is -2.31. The van der Waals surface area contributed by atoms with E-state index in [0.29, 0.717) is 57.3 Å². The number of morpholine rings is 1. The summed E-state index contributed by atoms with van der Waals surface area (Å²) >= 11 is 0. The van der Waals surface area contributed by atoms with Gasteiger partial charge >= 0.3 is 0 Å². The van der Waals surface area contributed by atoms with Crippen LogP contribution in [-0.4, -0.2) is 71.5 Å². The van der Waals surface area contributed by atoms with Crippen LogP contribution in [0.1, 0.15) is 40.5 Å². The maximum atomic E-state index is 15.0. The normalized spacial score (nSPS) is 19.0. The molecule has 0 aliphatic carbocycles. The van der Waals surface area contributed by atoms with Gasteiger partial charge in [-0.3, -0.25) is 10.1 Å². The van der Waals surface area contributed by atoms with Crippen LogP contribution in [0.2, 0.25) is 0 Å². The SMILES string of the molecule is Cc1ccc(Cn2ccnc2NC(=O)[C@@H]2CN(CCCc3cc(C)no3)C[C@H]2c2ccc(F)cc2F)c(N2CCOCC2)c1. The molecule has 9 nitrogen and oxygen atoms in total. The number of benzene rings is 2. The number of anilines is 2. The van der Waals surface area contributed by atoms with E-state index in [0.717, 1.165) is 48.3 Å². The monoisotopic (exact) mass is 604 g/mol. The molecular formula is C33H38F2N6O3. The van der Waals surface area contributed by atoms with Gasteiger partial charge in [0, 0.05) is 68.7 Å². The van der Waals surface area contributed by atoms with Gasteiger partial charge in [0.1, 0.15) is 17.4 Å². The standard InChI is InChI=1S/C33H38F2N6O3/c1-22-5-6-24(31(16-22)40-12-14-43-15-13-40)19-41-11-9-36-33(41)37-32(42)29-21-39(10-3-4-26-17-23(2)38-44-26)20-28(29)27-8-7-25(34)18-30(27)35/h5-9,11,16-18,28-29H,3-4,10,12-15,19-21H2,1-2H3,(H,36,37,42)/t28-,29+/m0/s1. The number of aryl methyl sites for hydroxylation is 3. The number of likely N-dealkylation sites (tertiary alicyclic amines) is 1. The molecule has 6 rings (SSSR count). The van der Waals surface area contributed by atoms with Crippen molar-refractivity contribution in [2.75, 3.05) is 56.2 Å². The zero-order chi connectivity index (χ0) is 30.6. The maximum absolute atomic E-state index is 15.0. The zero-order valence-corrected chi connectivity index (χ0v) is 25.1. The molecule has 0 saturated carbocycles. The van der Waals surface area contributed by atoms with Crippen molar-refractivity contribution < 1.29 is 22.8 Å². The Kier molecular flexibility index (Phi) is 9.04. The average molecular weight is 605 g/mol. The molecule has 2 aromatic carbocycles. The van der Waals surface area contributed by atoms with Crippen LogP contribution in [-0.2, 0) is 22.5 Å². The van der Waals surface area contributed by atoms with Crippen molar-refractivity contribution in [3.05, 3.63) is 94.6 Å². The molecule has 1 amide bonds. The summed E-state index contributed by atoms with van der Waals surface area (Å²) in [6.45, 7) is 9.14. The molecule has 0 unspecified atom stereocenters. The molecule has 2 aliphatic heterocycles. The van der Waals surface area contributed by atoms with Crippen LogP contribution < -0.4 is 10.2 Å². The molecule has 2 fully saturated rings. The van der Waals surface area contributed by atoms with Crippen LogP contribution in [0.5, 0.6) is 0 Å². The second-order valence-electron chi connectivity index (χ2n) is 11.8. The van der Waals surface area contributed by atoms with Crippen LogP contribution in [0.3, 0.4) is 0 Å². The summed E-state index contributed by atoms with van der Waals surface area (Å²) in [4.78, 5) is 22.8. The molecule has 0 spiro atoms. The highest BCUT2D eigenvalue weighted by Gasteiger charge is 2.40. The van der Waals surface area contributed by atoms with Crippen molar-refractivity contribution >= 4 is 17.5 Å². The summed E-state index contributed by atoms with van der Waals surface area (Å²) in [5.41, 5.74) is 4.63. The quantitative estimate of drug-likeness (QED) is 0.275. The summed E-state index contributed by atoms with van der Waals surface area (Å²) in [5, 5.41) is 6.97. The summed E-state index contributed by atoms with van der Waals surface area (Å²) in [5.74, 6) is -1.25. The van der Waals surface area contributed by atoms with Gasteiger partial charge in [0.15, 0.2) is 0 Å². The smallest absolute Gasteiger partial charge is 0.231 e. The second kappa shape index (κ2) is 13.3. The van der Waals surface area contributed by atoms with E-state index in [-0.39, 0.29) is 5.91 Å². The van der Waals surface area contributed by atoms with Crippen molar-refractivity contribution in [1.82, 2.24) is 19.6 Å². The number of nitrogens with zero attached hydrogens (tertiary/aromatic N) is 5. The van der Waals surface area contributed by atoms with Crippen LogP contribution in [0, 0.1) is 31.4 Å². The van der Waals surface area contributed by atoms with Crippen LogP contribution in [0.15, 0.2) is 59.4 Å². The minimum absolute atomic E-state index is 0.239. The third kappa shape index (κ3) is 6.84. The van der Waals surface area contributed by atoms with E-state index < -0.39 is 23.5 Å². The minimum atomic E-state index is -0.640. The molecule has 0 radical (unpaired) electrons. The van der Waals surface area contributed by atoms with Crippen molar-refractivity contribution in [3.8, 4) is 0 Å². The van der Waals surface area contributed by atoms with Gasteiger partial charge in [-0.05, 0) is 55.6 Å². The fourth-order valence-corrected chi connectivity index (χ4v) is 6.32. The van der Waals surface area contributed by atoms with Gasteiger partial charge in [-0.1, -0.05) is 23.4 Å². The van der Waals surface area contributed by atoms with Crippen molar-refractivity contribution in [2.45, 2.75) is 39.2 Å². The Morgan fingerprint density at radius 1 is 1.07 bits per heavy atom. The largest absolute Gasteiger partial charge is 0.378 e. The second-order valence-corrected chi connectivity index (χ2v) is 11.8. The third-order valence-electron chi connectivity index (χ3n) is 8.55. The van der Waals surface area contributed by atoms with E-state index in [4.69, 9.17) is 9.26 Å². The number of aromatic nitrogens is 3. The maximum Gasteiger partial charge on any atom is 0.231 e. The molecule has 1 N–H and O–H groups in total. The lowest BCUT2D eigenvalue weighted by Crippen LogP contribution is -2.37. The molecule has 2 aliphatic rings. The first-order valence-electron chi connectivity index (χ1n) is 15.2. The summed E-state index contributed by atoms with van der Waals surface area (Å²) in [6, 6.07) is 11.9. The van der Waals surface area contributed by atoms with Gasteiger partial charge in [-0.25, -0.2) is 13.8 Å². The third-order valence-corrected chi connectivity index (χ3v) is 8.55. The van der Waals surface area contributed by atoms with Gasteiger partial charge in [0.05, 0.1) is 31.4 Å². The Bertz CT molecular complexity index is 1600. The number of rotatable bonds is 10. The van der Waals surface area contributed by atoms with Crippen molar-refractivity contribution in [1.29, 1.82) is 0 Å². The van der Waals surface area contributed by atoms with Gasteiger partial charge in [-0.2, -0.15) is 0 Å². The number of halogens is 2. The Balaban J connectivity index is 1.18. The summed E-state index contributed by atoms with van der Waals surface area (Å²) in [7, 11) is 0. The van der Waals surface area contributed by atoms with E-state index in [9.17, 15) is 9.18 Å². The zero-order valence-electron chi connectivity index (χ0n) is 25.1. The Labute approximate surface area is 255 Å². The summed E-state index contributed by atoms with van der Waals surface area (Å²) in [6.07, 6.45) is 5.03. The van der Waals surface area contributed by atoms with Crippen LogP contribution in [0.4, 0.5) is 20.4 Å². The number of carbonyl (C=O) groups excluding carboxylic acids is 1. The van der Waals surface area contributed by atoms with E-state index in [1.807, 2.05) is 23.8 Å². The Hall–Kier alpha value is -4.09. The molecule has 232 valence electrons. The average Bonchev–Trinajstić information content (AvgIpc) is 3.75. The Morgan fingerprint density at radius 2 is 1.91 bits per heavy atom. The first kappa shape index (κ1) is 30.0. The van der Waals surface area contributed by atoms with Gasteiger partial charge in [0.25, 0.3) is 0 Å². The molecule has 0 bridgehead atoms. The highest BCUT2D eigenvalue weighted by molar-refractivity contribution is 5.92. The molecule has 44 heavy (non-hydrogen) atoms. The van der Waals surface area contributed by atoms with Gasteiger partial charge < -0.3 is 23.6 Å². The molecule has 4 aromatic rings. The predicted molar refractivity (Wildman–Crippen MR) is 163 cm³/mol. The van der Waals surface area contributed by atoms with Crippen LogP contribution >= 0.6 is 0 Å². The van der Waals surface area contributed by atoms with Crippen LogP contribution in [0.25, 0.3) is 0 Å². The highest BCUT2D eigenvalue weighted by atomic mass is 19.1. The van der Waals surface area contributed by atoms with E-state index >= 15 is 4.39 Å². The lowest BCUT2D eigenvalue weighted by molar-refractivity contribution is -0.120. The first-order valence-corrected chi connectivity index (χ1v) is 15.2. The number of hydrogen-bond donors (Lipinski definition) is 1. The topological polar surface area (TPSA) is 88.7 Å². The van der Waals surface area contributed by atoms with E-state index in [1.165, 1.54) is 17.7 Å². The number of nitrogens with one attached hydrogen (secondary N) is 1.